The molecule has 1 aliphatic heterocycles. The average Bonchev–Trinajstić information content (AvgIpc) is 3.05. The van der Waals surface area contributed by atoms with Crippen LogP contribution in [0.1, 0.15) is 16.1 Å². The number of aliphatic carboxylic acids is 1. The molecular weight excluding hydrogens is 350 g/mol. The molecule has 1 aliphatic rings. The fraction of sp³-hybridized carbons (Fsp3) is 0.294. The van der Waals surface area contributed by atoms with Gasteiger partial charge in [0.2, 0.25) is 0 Å². The number of hydrogen-bond acceptors (Lipinski definition) is 4. The summed E-state index contributed by atoms with van der Waals surface area (Å²) >= 11 is 7.29. The molecule has 3 rings (SSSR count). The van der Waals surface area contributed by atoms with Crippen LogP contribution in [0.2, 0.25) is 5.02 Å². The molecule has 0 spiro atoms. The second kappa shape index (κ2) is 7.34. The van der Waals surface area contributed by atoms with Crippen LogP contribution in [0.4, 0.5) is 0 Å². The predicted octanol–water partition coefficient (Wildman–Crippen LogP) is 3.38. The van der Waals surface area contributed by atoms with Crippen molar-refractivity contribution in [1.82, 2.24) is 4.90 Å². The van der Waals surface area contributed by atoms with Gasteiger partial charge in [-0.05, 0) is 29.8 Å². The van der Waals surface area contributed by atoms with Gasteiger partial charge in [-0.3, -0.25) is 9.59 Å². The number of hydrogen-bond donors (Lipinski definition) is 1. The maximum atomic E-state index is 12.8. The number of amides is 1. The molecule has 0 aliphatic carbocycles. The summed E-state index contributed by atoms with van der Waals surface area (Å²) in [5, 5.41) is 9.67. The van der Waals surface area contributed by atoms with Crippen molar-refractivity contribution < 1.29 is 19.4 Å². The molecule has 1 N–H and O–H groups in total. The van der Waals surface area contributed by atoms with E-state index in [1.54, 1.807) is 11.0 Å². The molecule has 1 aromatic carbocycles. The number of rotatable bonds is 4. The van der Waals surface area contributed by atoms with Gasteiger partial charge in [0.15, 0.2) is 0 Å². The molecule has 1 fully saturated rings. The Morgan fingerprint density at radius 1 is 1.25 bits per heavy atom. The number of carbonyl (C=O) groups is 2. The molecule has 1 saturated heterocycles. The van der Waals surface area contributed by atoms with E-state index in [2.05, 4.69) is 0 Å². The van der Waals surface area contributed by atoms with Crippen LogP contribution in [0.25, 0.3) is 10.4 Å². The molecule has 5 nitrogen and oxygen atoms in total. The van der Waals surface area contributed by atoms with E-state index in [1.165, 1.54) is 11.3 Å². The van der Waals surface area contributed by atoms with E-state index in [9.17, 15) is 9.59 Å². The minimum Gasteiger partial charge on any atom is -0.481 e. The minimum atomic E-state index is -0.934. The lowest BCUT2D eigenvalue weighted by Gasteiger charge is -2.34. The molecule has 1 atom stereocenters. The van der Waals surface area contributed by atoms with Crippen LogP contribution < -0.4 is 0 Å². The van der Waals surface area contributed by atoms with Gasteiger partial charge in [-0.1, -0.05) is 23.7 Å². The van der Waals surface area contributed by atoms with E-state index in [-0.39, 0.29) is 18.9 Å². The number of ether oxygens (including phenoxy) is 1. The number of nitrogens with zero attached hydrogens (tertiary/aromatic N) is 1. The third-order valence-corrected chi connectivity index (χ3v) is 5.22. The highest BCUT2D eigenvalue weighted by atomic mass is 35.5. The first-order valence-corrected chi connectivity index (χ1v) is 8.70. The number of benzene rings is 1. The maximum absolute atomic E-state index is 12.8. The smallest absolute Gasteiger partial charge is 0.305 e. The zero-order valence-electron chi connectivity index (χ0n) is 12.8. The summed E-state index contributed by atoms with van der Waals surface area (Å²) in [5.74, 6) is -1.08. The lowest BCUT2D eigenvalue weighted by molar-refractivity contribution is -0.139. The summed E-state index contributed by atoms with van der Waals surface area (Å²) in [6, 6.07) is 10.7. The highest BCUT2D eigenvalue weighted by Crippen LogP contribution is 2.30. The summed E-state index contributed by atoms with van der Waals surface area (Å²) in [4.78, 5) is 26.9. The number of thiophene rings is 1. The second-order valence-electron chi connectivity index (χ2n) is 5.50. The van der Waals surface area contributed by atoms with Gasteiger partial charge in [-0.2, -0.15) is 0 Å². The molecule has 1 aromatic heterocycles. The van der Waals surface area contributed by atoms with Gasteiger partial charge in [0.25, 0.3) is 5.91 Å². The second-order valence-corrected chi connectivity index (χ2v) is 7.02. The Morgan fingerprint density at radius 2 is 2.00 bits per heavy atom. The average molecular weight is 366 g/mol. The normalized spacial score (nSPS) is 17.7. The third-order valence-electron chi connectivity index (χ3n) is 3.84. The van der Waals surface area contributed by atoms with Gasteiger partial charge >= 0.3 is 5.97 Å². The Hall–Kier alpha value is -1.89. The van der Waals surface area contributed by atoms with Crippen molar-refractivity contribution in [3.8, 4) is 10.4 Å². The molecular formula is C17H16ClNO4S. The first-order valence-electron chi connectivity index (χ1n) is 7.51. The number of carboxylic acid groups (broad SMARTS) is 1. The molecule has 2 aromatic rings. The highest BCUT2D eigenvalue weighted by molar-refractivity contribution is 7.17. The Balaban J connectivity index is 1.79. The summed E-state index contributed by atoms with van der Waals surface area (Å²) in [5.41, 5.74) is 0.993. The minimum absolute atomic E-state index is 0.110. The summed E-state index contributed by atoms with van der Waals surface area (Å²) < 4.78 is 5.32. The van der Waals surface area contributed by atoms with Crippen LogP contribution in [0.5, 0.6) is 0 Å². The highest BCUT2D eigenvalue weighted by Gasteiger charge is 2.30. The zero-order valence-corrected chi connectivity index (χ0v) is 14.3. The lowest BCUT2D eigenvalue weighted by atomic mass is 10.1. The van der Waals surface area contributed by atoms with Gasteiger partial charge in [0, 0.05) is 16.4 Å². The first-order chi connectivity index (χ1) is 11.5. The van der Waals surface area contributed by atoms with Crippen LogP contribution in [0.15, 0.2) is 36.4 Å². The predicted molar refractivity (Wildman–Crippen MR) is 92.7 cm³/mol. The molecule has 126 valence electrons. The van der Waals surface area contributed by atoms with Crippen molar-refractivity contribution in [3.63, 3.8) is 0 Å². The Morgan fingerprint density at radius 3 is 2.71 bits per heavy atom. The van der Waals surface area contributed by atoms with E-state index in [0.717, 1.165) is 10.4 Å². The fourth-order valence-electron chi connectivity index (χ4n) is 2.66. The van der Waals surface area contributed by atoms with Crippen molar-refractivity contribution in [2.24, 2.45) is 0 Å². The van der Waals surface area contributed by atoms with Gasteiger partial charge in [0.1, 0.15) is 0 Å². The summed E-state index contributed by atoms with van der Waals surface area (Å²) in [6.45, 7) is 1.09. The van der Waals surface area contributed by atoms with Gasteiger partial charge in [-0.15, -0.1) is 11.3 Å². The Kier molecular flexibility index (Phi) is 5.18. The number of halogens is 1. The SMILES string of the molecule is O=C(O)CC1COCCN1C(=O)c1ccc(-c2ccc(Cl)cc2)s1. The fourth-order valence-corrected chi connectivity index (χ4v) is 3.75. The number of carboxylic acids is 1. The van der Waals surface area contributed by atoms with Crippen molar-refractivity contribution in [3.05, 3.63) is 46.3 Å². The molecule has 0 saturated carbocycles. The van der Waals surface area contributed by atoms with Crippen molar-refractivity contribution in [2.45, 2.75) is 12.5 Å². The van der Waals surface area contributed by atoms with E-state index in [0.29, 0.717) is 23.1 Å². The number of carbonyl (C=O) groups excluding carboxylic acids is 1. The van der Waals surface area contributed by atoms with Crippen molar-refractivity contribution >= 4 is 34.8 Å². The lowest BCUT2D eigenvalue weighted by Crippen LogP contribution is -2.49. The molecule has 24 heavy (non-hydrogen) atoms. The van der Waals surface area contributed by atoms with Crippen LogP contribution in [0, 0.1) is 0 Å². The van der Waals surface area contributed by atoms with E-state index in [4.69, 9.17) is 21.4 Å². The van der Waals surface area contributed by atoms with E-state index in [1.807, 2.05) is 30.3 Å². The molecule has 0 radical (unpaired) electrons. The van der Waals surface area contributed by atoms with Crippen molar-refractivity contribution in [1.29, 1.82) is 0 Å². The largest absolute Gasteiger partial charge is 0.481 e. The standard InChI is InChI=1S/C17H16ClNO4S/c18-12-3-1-11(2-4-12)14-5-6-15(24-14)17(22)19-7-8-23-10-13(19)9-16(20)21/h1-6,13H,7-10H2,(H,20,21). The van der Waals surface area contributed by atoms with E-state index < -0.39 is 12.0 Å². The Labute approximate surface area is 148 Å². The zero-order chi connectivity index (χ0) is 17.1. The molecule has 7 heteroatoms. The Bertz CT molecular complexity index is 743. The molecule has 0 bridgehead atoms. The molecule has 1 amide bonds. The quantitative estimate of drug-likeness (QED) is 0.901. The summed E-state index contributed by atoms with van der Waals surface area (Å²) in [6.07, 6.45) is -0.110. The van der Waals surface area contributed by atoms with Crippen LogP contribution in [-0.4, -0.2) is 47.7 Å². The van der Waals surface area contributed by atoms with Gasteiger partial charge < -0.3 is 14.7 Å². The van der Waals surface area contributed by atoms with Crippen LogP contribution in [-0.2, 0) is 9.53 Å². The molecule has 1 unspecified atom stereocenters. The van der Waals surface area contributed by atoms with E-state index >= 15 is 0 Å². The number of morpholine rings is 1. The van der Waals surface area contributed by atoms with Crippen molar-refractivity contribution in [2.75, 3.05) is 19.8 Å². The third kappa shape index (κ3) is 3.77. The van der Waals surface area contributed by atoms with Crippen LogP contribution >= 0.6 is 22.9 Å². The van der Waals surface area contributed by atoms with Crippen LogP contribution in [0.3, 0.4) is 0 Å². The summed E-state index contributed by atoms with van der Waals surface area (Å²) in [7, 11) is 0. The molecule has 2 heterocycles. The van der Waals surface area contributed by atoms with Gasteiger partial charge in [0.05, 0.1) is 30.6 Å². The van der Waals surface area contributed by atoms with Gasteiger partial charge in [-0.25, -0.2) is 0 Å². The monoisotopic (exact) mass is 365 g/mol. The maximum Gasteiger partial charge on any atom is 0.305 e. The first kappa shape index (κ1) is 17.0. The topological polar surface area (TPSA) is 66.8 Å².